The smallest absolute Gasteiger partial charge is 0.216 e. The largest absolute Gasteiger partial charge is 0.389 e. The molecule has 4 nitrogen and oxygen atoms in total. The Kier molecular flexibility index (Phi) is 5.35. The monoisotopic (exact) mass is 326 g/mol. The summed E-state index contributed by atoms with van der Waals surface area (Å²) in [7, 11) is -3.33. The predicted octanol–water partition coefficient (Wildman–Crippen LogP) is 2.32. The van der Waals surface area contributed by atoms with Crippen molar-refractivity contribution in [3.63, 3.8) is 0 Å². The molecule has 1 aliphatic carbocycles. The van der Waals surface area contributed by atoms with Crippen molar-refractivity contribution in [3.05, 3.63) is 35.4 Å². The van der Waals surface area contributed by atoms with Gasteiger partial charge in [0.05, 0.1) is 5.75 Å². The molecule has 116 valence electrons. The summed E-state index contributed by atoms with van der Waals surface area (Å²) in [5.41, 5.74) is 6.98. The minimum absolute atomic E-state index is 0.0334. The van der Waals surface area contributed by atoms with Crippen molar-refractivity contribution < 1.29 is 8.42 Å². The molecule has 0 amide bonds. The highest BCUT2D eigenvalue weighted by molar-refractivity contribution is 7.88. The number of hydrogen-bond donors (Lipinski definition) is 2. The number of rotatable bonds is 5. The minimum Gasteiger partial charge on any atom is -0.389 e. The van der Waals surface area contributed by atoms with Gasteiger partial charge in [-0.1, -0.05) is 50.2 Å². The Bertz CT molecular complexity index is 614. The molecule has 1 saturated carbocycles. The molecule has 0 bridgehead atoms. The lowest BCUT2D eigenvalue weighted by atomic mass is 9.88. The van der Waals surface area contributed by atoms with Gasteiger partial charge in [0.2, 0.25) is 10.0 Å². The van der Waals surface area contributed by atoms with Gasteiger partial charge in [-0.25, -0.2) is 13.1 Å². The van der Waals surface area contributed by atoms with Gasteiger partial charge in [0, 0.05) is 11.6 Å². The van der Waals surface area contributed by atoms with Gasteiger partial charge in [-0.2, -0.15) is 0 Å². The van der Waals surface area contributed by atoms with Crippen molar-refractivity contribution in [1.29, 1.82) is 0 Å². The van der Waals surface area contributed by atoms with E-state index in [4.69, 9.17) is 18.0 Å². The first-order valence-corrected chi connectivity index (χ1v) is 9.30. The van der Waals surface area contributed by atoms with Crippen molar-refractivity contribution in [2.75, 3.05) is 0 Å². The third-order valence-electron chi connectivity index (χ3n) is 3.85. The first-order chi connectivity index (χ1) is 9.85. The molecule has 0 radical (unpaired) electrons. The number of thiocarbonyl (C=S) groups is 1. The van der Waals surface area contributed by atoms with E-state index in [-0.39, 0.29) is 16.8 Å². The van der Waals surface area contributed by atoms with Crippen LogP contribution in [0.15, 0.2) is 24.3 Å². The Morgan fingerprint density at radius 2 is 2.19 bits per heavy atom. The predicted molar refractivity (Wildman–Crippen MR) is 89.5 cm³/mol. The Balaban J connectivity index is 2.03. The second-order valence-corrected chi connectivity index (χ2v) is 8.10. The van der Waals surface area contributed by atoms with E-state index >= 15 is 0 Å². The second kappa shape index (κ2) is 6.85. The summed E-state index contributed by atoms with van der Waals surface area (Å²) in [6.45, 7) is 2.17. The number of benzene rings is 1. The molecular formula is C15H22N2O2S2. The van der Waals surface area contributed by atoms with Crippen LogP contribution in [0.5, 0.6) is 0 Å². The quantitative estimate of drug-likeness (QED) is 0.815. The average Bonchev–Trinajstić information content (AvgIpc) is 2.37. The summed E-state index contributed by atoms with van der Waals surface area (Å²) >= 11 is 4.92. The van der Waals surface area contributed by atoms with Crippen LogP contribution in [0.4, 0.5) is 0 Å². The standard InChI is InChI=1S/C15H22N2O2S2/c1-11-4-2-7-14(8-11)17-21(18,19)10-12-5-3-6-13(9-12)15(16)20/h3,5-6,9,11,14,17H,2,4,7-8,10H2,1H3,(H2,16,20). The molecule has 3 N–H and O–H groups in total. The van der Waals surface area contributed by atoms with Crippen molar-refractivity contribution in [1.82, 2.24) is 4.72 Å². The zero-order valence-corrected chi connectivity index (χ0v) is 13.8. The van der Waals surface area contributed by atoms with Gasteiger partial charge >= 0.3 is 0 Å². The zero-order valence-electron chi connectivity index (χ0n) is 12.2. The maximum atomic E-state index is 12.3. The topological polar surface area (TPSA) is 72.2 Å². The third kappa shape index (κ3) is 5.05. The molecule has 0 spiro atoms. The van der Waals surface area contributed by atoms with Gasteiger partial charge in [-0.15, -0.1) is 0 Å². The lowest BCUT2D eigenvalue weighted by molar-refractivity contribution is 0.327. The maximum Gasteiger partial charge on any atom is 0.216 e. The van der Waals surface area contributed by atoms with E-state index in [1.165, 1.54) is 6.42 Å². The third-order valence-corrected chi connectivity index (χ3v) is 5.49. The molecule has 1 fully saturated rings. The summed E-state index contributed by atoms with van der Waals surface area (Å²) in [5, 5.41) is 0. The fraction of sp³-hybridized carbons (Fsp3) is 0.533. The lowest BCUT2D eigenvalue weighted by Crippen LogP contribution is -2.38. The van der Waals surface area contributed by atoms with Crippen LogP contribution in [-0.4, -0.2) is 19.4 Å². The minimum atomic E-state index is -3.33. The van der Waals surface area contributed by atoms with Crippen LogP contribution in [0.2, 0.25) is 0 Å². The summed E-state index contributed by atoms with van der Waals surface area (Å²) in [6, 6.07) is 7.16. The van der Waals surface area contributed by atoms with E-state index in [1.807, 2.05) is 0 Å². The Morgan fingerprint density at radius 3 is 2.86 bits per heavy atom. The highest BCUT2D eigenvalue weighted by Crippen LogP contribution is 2.24. The Labute approximate surface area is 132 Å². The van der Waals surface area contributed by atoms with Crippen molar-refractivity contribution in [2.45, 2.75) is 44.4 Å². The summed E-state index contributed by atoms with van der Waals surface area (Å²) < 4.78 is 27.4. The number of nitrogens with one attached hydrogen (secondary N) is 1. The van der Waals surface area contributed by atoms with Crippen LogP contribution in [0, 0.1) is 5.92 Å². The number of nitrogens with two attached hydrogens (primary N) is 1. The van der Waals surface area contributed by atoms with Crippen LogP contribution in [0.3, 0.4) is 0 Å². The van der Waals surface area contributed by atoms with Gasteiger partial charge in [0.1, 0.15) is 4.99 Å². The van der Waals surface area contributed by atoms with Gasteiger partial charge in [-0.3, -0.25) is 0 Å². The fourth-order valence-electron chi connectivity index (χ4n) is 2.87. The van der Waals surface area contributed by atoms with E-state index in [0.29, 0.717) is 17.0 Å². The van der Waals surface area contributed by atoms with Gasteiger partial charge < -0.3 is 5.73 Å². The van der Waals surface area contributed by atoms with E-state index in [1.54, 1.807) is 24.3 Å². The molecule has 2 rings (SSSR count). The zero-order chi connectivity index (χ0) is 15.5. The highest BCUT2D eigenvalue weighted by Gasteiger charge is 2.23. The summed E-state index contributed by atoms with van der Waals surface area (Å²) in [5.74, 6) is 0.554. The SMILES string of the molecule is CC1CCCC(NS(=O)(=O)Cc2cccc(C(N)=S)c2)C1. The van der Waals surface area contributed by atoms with Crippen LogP contribution < -0.4 is 10.5 Å². The molecular weight excluding hydrogens is 304 g/mol. The second-order valence-electron chi connectivity index (χ2n) is 5.91. The van der Waals surface area contributed by atoms with E-state index in [9.17, 15) is 8.42 Å². The van der Waals surface area contributed by atoms with Gasteiger partial charge in [-0.05, 0) is 30.4 Å². The highest BCUT2D eigenvalue weighted by atomic mass is 32.2. The normalized spacial score (nSPS) is 22.9. The van der Waals surface area contributed by atoms with Crippen molar-refractivity contribution in [2.24, 2.45) is 11.7 Å². The molecule has 1 aliphatic rings. The molecule has 6 heteroatoms. The Hall–Kier alpha value is -0.980. The molecule has 0 aromatic heterocycles. The van der Waals surface area contributed by atoms with Crippen LogP contribution in [0.25, 0.3) is 0 Å². The number of hydrogen-bond acceptors (Lipinski definition) is 3. The lowest BCUT2D eigenvalue weighted by Gasteiger charge is -2.27. The van der Waals surface area contributed by atoms with E-state index < -0.39 is 10.0 Å². The van der Waals surface area contributed by atoms with Gasteiger partial charge in [0.25, 0.3) is 0 Å². The number of sulfonamides is 1. The molecule has 0 heterocycles. The summed E-state index contributed by atoms with van der Waals surface area (Å²) in [4.78, 5) is 0.281. The molecule has 1 aromatic carbocycles. The van der Waals surface area contributed by atoms with Crippen LogP contribution in [-0.2, 0) is 15.8 Å². The van der Waals surface area contributed by atoms with Crippen LogP contribution in [0.1, 0.15) is 43.7 Å². The molecule has 1 aromatic rings. The molecule has 0 aliphatic heterocycles. The van der Waals surface area contributed by atoms with Crippen LogP contribution >= 0.6 is 12.2 Å². The average molecular weight is 326 g/mol. The van der Waals surface area contributed by atoms with E-state index in [0.717, 1.165) is 19.3 Å². The van der Waals surface area contributed by atoms with Crippen molar-refractivity contribution in [3.8, 4) is 0 Å². The maximum absolute atomic E-state index is 12.3. The molecule has 0 saturated heterocycles. The fourth-order valence-corrected chi connectivity index (χ4v) is 4.42. The first-order valence-electron chi connectivity index (χ1n) is 7.24. The first kappa shape index (κ1) is 16.4. The Morgan fingerprint density at radius 1 is 1.43 bits per heavy atom. The molecule has 2 atom stereocenters. The summed E-state index contributed by atoms with van der Waals surface area (Å²) in [6.07, 6.45) is 4.13. The molecule has 2 unspecified atom stereocenters. The van der Waals surface area contributed by atoms with E-state index in [2.05, 4.69) is 11.6 Å². The molecule has 21 heavy (non-hydrogen) atoms. The van der Waals surface area contributed by atoms with Gasteiger partial charge in [0.15, 0.2) is 0 Å². The van der Waals surface area contributed by atoms with Crippen molar-refractivity contribution >= 4 is 27.2 Å².